The van der Waals surface area contributed by atoms with Crippen LogP contribution in [0.5, 0.6) is 5.88 Å². The summed E-state index contributed by atoms with van der Waals surface area (Å²) < 4.78 is 44.5. The van der Waals surface area contributed by atoms with Crippen molar-refractivity contribution in [3.05, 3.63) is 20.9 Å². The maximum absolute atomic E-state index is 12.1. The largest absolute Gasteiger partial charge is 0.574 e. The highest BCUT2D eigenvalue weighted by Crippen LogP contribution is 2.29. The number of nitrogens with two attached hydrogens (primary N) is 1. The zero-order chi connectivity index (χ0) is 13.9. The SMILES string of the molecule is COC(=O)c1cnc(OC(F)(F)F)c(I)c1CN. The zero-order valence-electron chi connectivity index (χ0n) is 9.05. The Labute approximate surface area is 114 Å². The minimum Gasteiger partial charge on any atom is -0.465 e. The molecule has 1 aromatic heterocycles. The van der Waals surface area contributed by atoms with Crippen LogP contribution in [0.1, 0.15) is 15.9 Å². The molecule has 0 amide bonds. The van der Waals surface area contributed by atoms with Crippen LogP contribution in [0.4, 0.5) is 13.2 Å². The number of methoxy groups -OCH3 is 1. The highest BCUT2D eigenvalue weighted by molar-refractivity contribution is 14.1. The summed E-state index contributed by atoms with van der Waals surface area (Å²) in [6.45, 7) is -0.139. The fourth-order valence-corrected chi connectivity index (χ4v) is 1.93. The molecule has 5 nitrogen and oxygen atoms in total. The van der Waals surface area contributed by atoms with Crippen molar-refractivity contribution in [1.82, 2.24) is 4.98 Å². The maximum atomic E-state index is 12.1. The van der Waals surface area contributed by atoms with E-state index >= 15 is 0 Å². The van der Waals surface area contributed by atoms with E-state index < -0.39 is 18.2 Å². The van der Waals surface area contributed by atoms with Gasteiger partial charge in [0.1, 0.15) is 0 Å². The molecule has 0 bridgehead atoms. The molecule has 0 fully saturated rings. The van der Waals surface area contributed by atoms with E-state index in [4.69, 9.17) is 5.73 Å². The Balaban J connectivity index is 3.24. The fourth-order valence-electron chi connectivity index (χ4n) is 1.17. The third-order valence-corrected chi connectivity index (χ3v) is 3.02. The van der Waals surface area contributed by atoms with E-state index in [-0.39, 0.29) is 21.2 Å². The summed E-state index contributed by atoms with van der Waals surface area (Å²) in [4.78, 5) is 14.8. The molecule has 18 heavy (non-hydrogen) atoms. The number of alkyl halides is 3. The van der Waals surface area contributed by atoms with Gasteiger partial charge in [0.05, 0.1) is 16.2 Å². The van der Waals surface area contributed by atoms with Crippen molar-refractivity contribution in [3.8, 4) is 5.88 Å². The third-order valence-electron chi connectivity index (χ3n) is 1.91. The molecule has 1 aromatic rings. The first-order valence-electron chi connectivity index (χ1n) is 4.51. The molecule has 1 heterocycles. The van der Waals surface area contributed by atoms with Gasteiger partial charge in [0.15, 0.2) is 0 Å². The molecule has 0 saturated carbocycles. The van der Waals surface area contributed by atoms with E-state index in [1.54, 1.807) is 22.6 Å². The number of aromatic nitrogens is 1. The second kappa shape index (κ2) is 5.69. The highest BCUT2D eigenvalue weighted by atomic mass is 127. The van der Waals surface area contributed by atoms with E-state index in [1.165, 1.54) is 0 Å². The van der Waals surface area contributed by atoms with Crippen LogP contribution in [0.15, 0.2) is 6.20 Å². The summed E-state index contributed by atoms with van der Waals surface area (Å²) in [5, 5.41) is 0. The second-order valence-electron chi connectivity index (χ2n) is 3.01. The number of hydrogen-bond donors (Lipinski definition) is 1. The van der Waals surface area contributed by atoms with Gasteiger partial charge in [0.2, 0.25) is 5.88 Å². The minimum atomic E-state index is -4.86. The van der Waals surface area contributed by atoms with Crippen molar-refractivity contribution in [2.45, 2.75) is 12.9 Å². The lowest BCUT2D eigenvalue weighted by atomic mass is 10.1. The average molecular weight is 376 g/mol. The Bertz CT molecular complexity index is 465. The summed E-state index contributed by atoms with van der Waals surface area (Å²) in [5.41, 5.74) is 5.60. The van der Waals surface area contributed by atoms with E-state index in [1.807, 2.05) is 0 Å². The number of pyridine rings is 1. The molecular formula is C9H8F3IN2O3. The van der Waals surface area contributed by atoms with Crippen molar-refractivity contribution in [2.24, 2.45) is 5.73 Å². The lowest BCUT2D eigenvalue weighted by Gasteiger charge is -2.13. The predicted molar refractivity (Wildman–Crippen MR) is 62.9 cm³/mol. The van der Waals surface area contributed by atoms with Crippen LogP contribution in [0.3, 0.4) is 0 Å². The van der Waals surface area contributed by atoms with Crippen molar-refractivity contribution in [1.29, 1.82) is 0 Å². The Hall–Kier alpha value is -1.10. The van der Waals surface area contributed by atoms with Gasteiger partial charge in [-0.2, -0.15) is 0 Å². The molecule has 1 rings (SSSR count). The lowest BCUT2D eigenvalue weighted by Crippen LogP contribution is -2.20. The van der Waals surface area contributed by atoms with Gasteiger partial charge in [-0.3, -0.25) is 0 Å². The topological polar surface area (TPSA) is 74.4 Å². The molecule has 0 radical (unpaired) electrons. The molecule has 0 aliphatic rings. The van der Waals surface area contributed by atoms with Gasteiger partial charge in [0, 0.05) is 18.3 Å². The number of esters is 1. The number of halogens is 4. The second-order valence-corrected chi connectivity index (χ2v) is 4.09. The molecule has 0 unspecified atom stereocenters. The average Bonchev–Trinajstić information content (AvgIpc) is 2.28. The zero-order valence-corrected chi connectivity index (χ0v) is 11.2. The Kier molecular flexibility index (Phi) is 4.73. The predicted octanol–water partition coefficient (Wildman–Crippen LogP) is 1.83. The fraction of sp³-hybridized carbons (Fsp3) is 0.333. The molecule has 0 saturated heterocycles. The molecule has 2 N–H and O–H groups in total. The molecule has 0 aliphatic heterocycles. The van der Waals surface area contributed by atoms with Crippen LogP contribution < -0.4 is 10.5 Å². The molecule has 100 valence electrons. The summed E-state index contributed by atoms with van der Waals surface area (Å²) in [6.07, 6.45) is -3.91. The number of ether oxygens (including phenoxy) is 2. The Morgan fingerprint density at radius 1 is 1.56 bits per heavy atom. The summed E-state index contributed by atoms with van der Waals surface area (Å²) in [7, 11) is 1.15. The molecular weight excluding hydrogens is 368 g/mol. The van der Waals surface area contributed by atoms with E-state index in [0.717, 1.165) is 13.3 Å². The summed E-state index contributed by atoms with van der Waals surface area (Å²) >= 11 is 1.58. The molecule has 0 atom stereocenters. The quantitative estimate of drug-likeness (QED) is 0.644. The first-order chi connectivity index (χ1) is 8.30. The Morgan fingerprint density at radius 3 is 2.61 bits per heavy atom. The summed E-state index contributed by atoms with van der Waals surface area (Å²) in [6, 6.07) is 0. The standard InChI is InChI=1S/C9H8F3IN2O3/c1-17-8(16)5-3-15-7(18-9(10,11)12)6(13)4(5)2-14/h3H,2,14H2,1H3. The Morgan fingerprint density at radius 2 is 2.17 bits per heavy atom. The van der Waals surface area contributed by atoms with Gasteiger partial charge < -0.3 is 15.2 Å². The van der Waals surface area contributed by atoms with Gasteiger partial charge >= 0.3 is 12.3 Å². The molecule has 9 heteroatoms. The minimum absolute atomic E-state index is 0.0129. The number of hydrogen-bond acceptors (Lipinski definition) is 5. The van der Waals surface area contributed by atoms with Crippen molar-refractivity contribution >= 4 is 28.6 Å². The van der Waals surface area contributed by atoms with Gasteiger partial charge in [-0.05, 0) is 22.6 Å². The van der Waals surface area contributed by atoms with Crippen molar-refractivity contribution in [3.63, 3.8) is 0 Å². The lowest BCUT2D eigenvalue weighted by molar-refractivity contribution is -0.276. The van der Waals surface area contributed by atoms with Crippen LogP contribution in [0, 0.1) is 3.57 Å². The van der Waals surface area contributed by atoms with E-state index in [0.29, 0.717) is 0 Å². The third kappa shape index (κ3) is 3.45. The molecule has 0 aromatic carbocycles. The first-order valence-corrected chi connectivity index (χ1v) is 5.59. The van der Waals surface area contributed by atoms with Gasteiger partial charge in [-0.25, -0.2) is 9.78 Å². The summed E-state index contributed by atoms with van der Waals surface area (Å²) in [5.74, 6) is -1.37. The monoisotopic (exact) mass is 376 g/mol. The maximum Gasteiger partial charge on any atom is 0.574 e. The highest BCUT2D eigenvalue weighted by Gasteiger charge is 2.33. The van der Waals surface area contributed by atoms with Crippen LogP contribution in [-0.4, -0.2) is 24.4 Å². The normalized spacial score (nSPS) is 11.2. The van der Waals surface area contributed by atoms with Gasteiger partial charge in [0.25, 0.3) is 0 Å². The number of carbonyl (C=O) groups is 1. The van der Waals surface area contributed by atoms with Crippen LogP contribution in [0.2, 0.25) is 0 Å². The number of nitrogens with zero attached hydrogens (tertiary/aromatic N) is 1. The van der Waals surface area contributed by atoms with Crippen LogP contribution in [0.25, 0.3) is 0 Å². The number of rotatable bonds is 3. The van der Waals surface area contributed by atoms with Crippen LogP contribution in [-0.2, 0) is 11.3 Å². The van der Waals surface area contributed by atoms with Gasteiger partial charge in [-0.1, -0.05) is 0 Å². The van der Waals surface area contributed by atoms with Gasteiger partial charge in [-0.15, -0.1) is 13.2 Å². The van der Waals surface area contributed by atoms with Crippen molar-refractivity contribution < 1.29 is 27.4 Å². The first kappa shape index (κ1) is 15.0. The van der Waals surface area contributed by atoms with E-state index in [9.17, 15) is 18.0 Å². The molecule has 0 aliphatic carbocycles. The van der Waals surface area contributed by atoms with E-state index in [2.05, 4.69) is 14.5 Å². The van der Waals surface area contributed by atoms with Crippen LogP contribution >= 0.6 is 22.6 Å². The smallest absolute Gasteiger partial charge is 0.465 e. The van der Waals surface area contributed by atoms with Crippen molar-refractivity contribution in [2.75, 3.05) is 7.11 Å². The number of carbonyl (C=O) groups excluding carboxylic acids is 1. The molecule has 0 spiro atoms.